The zero-order valence-corrected chi connectivity index (χ0v) is 13.2. The van der Waals surface area contributed by atoms with Crippen LogP contribution in [-0.4, -0.2) is 18.4 Å². The van der Waals surface area contributed by atoms with Gasteiger partial charge in [0.15, 0.2) is 0 Å². The molecule has 102 valence electrons. The molecule has 2 rings (SSSR count). The predicted molar refractivity (Wildman–Crippen MR) is 76.9 cm³/mol. The first-order valence-electron chi connectivity index (χ1n) is 4.77. The highest BCUT2D eigenvalue weighted by Crippen LogP contribution is 2.34. The van der Waals surface area contributed by atoms with E-state index < -0.39 is 10.0 Å². The van der Waals surface area contributed by atoms with Crippen molar-refractivity contribution in [2.45, 2.75) is 11.8 Å². The lowest BCUT2D eigenvalue weighted by atomic mass is 10.5. The van der Waals surface area contributed by atoms with Gasteiger partial charge in [-0.2, -0.15) is 0 Å². The first kappa shape index (κ1) is 14.8. The summed E-state index contributed by atoms with van der Waals surface area (Å²) in [5, 5.41) is 0.139. The van der Waals surface area contributed by atoms with Gasteiger partial charge in [0.25, 0.3) is 10.0 Å². The van der Waals surface area contributed by atoms with Crippen molar-refractivity contribution < 1.29 is 8.42 Å². The predicted octanol–water partition coefficient (Wildman–Crippen LogP) is 3.61. The van der Waals surface area contributed by atoms with Gasteiger partial charge in [-0.1, -0.05) is 34.8 Å². The normalized spacial score (nSPS) is 11.6. The van der Waals surface area contributed by atoms with E-state index in [4.69, 9.17) is 34.8 Å². The molecule has 0 fully saturated rings. The number of aromatic nitrogens is 2. The molecule has 0 aliphatic rings. The minimum absolute atomic E-state index is 0.0660. The van der Waals surface area contributed by atoms with Gasteiger partial charge in [-0.25, -0.2) is 23.1 Å². The van der Waals surface area contributed by atoms with E-state index >= 15 is 0 Å². The molecule has 2 aromatic heterocycles. The van der Waals surface area contributed by atoms with Crippen LogP contribution in [0.4, 0.5) is 5.95 Å². The van der Waals surface area contributed by atoms with Gasteiger partial charge in [0.1, 0.15) is 14.4 Å². The number of rotatable bonds is 3. The summed E-state index contributed by atoms with van der Waals surface area (Å²) in [5.41, 5.74) is 0.534. The Morgan fingerprint density at radius 1 is 1.21 bits per heavy atom. The van der Waals surface area contributed by atoms with Crippen molar-refractivity contribution in [2.75, 3.05) is 4.72 Å². The van der Waals surface area contributed by atoms with Crippen LogP contribution in [0.1, 0.15) is 5.69 Å². The van der Waals surface area contributed by atoms with Crippen LogP contribution in [0.25, 0.3) is 0 Å². The third-order valence-corrected chi connectivity index (χ3v) is 5.24. The first-order chi connectivity index (χ1) is 8.78. The Labute approximate surface area is 128 Å². The van der Waals surface area contributed by atoms with Gasteiger partial charge in [-0.3, -0.25) is 0 Å². The van der Waals surface area contributed by atoms with Gasteiger partial charge in [0.05, 0.1) is 4.34 Å². The summed E-state index contributed by atoms with van der Waals surface area (Å²) in [6, 6.07) is 2.77. The van der Waals surface area contributed by atoms with Crippen molar-refractivity contribution in [1.82, 2.24) is 9.97 Å². The molecule has 0 amide bonds. The van der Waals surface area contributed by atoms with E-state index in [2.05, 4.69) is 14.7 Å². The van der Waals surface area contributed by atoms with Crippen molar-refractivity contribution in [1.29, 1.82) is 0 Å². The molecule has 1 N–H and O–H groups in total. The standard InChI is InChI=1S/C9H6Cl3N3O2S2/c1-4-2-6(10)14-9(13-4)15-19(16,17)5-3-7(11)18-8(5)12/h2-3H,1H3,(H,13,14,15). The van der Waals surface area contributed by atoms with E-state index in [0.29, 0.717) is 5.69 Å². The highest BCUT2D eigenvalue weighted by atomic mass is 35.5. The molecule has 0 saturated carbocycles. The number of aryl methyl sites for hydroxylation is 1. The van der Waals surface area contributed by atoms with Crippen molar-refractivity contribution in [2.24, 2.45) is 0 Å². The fourth-order valence-electron chi connectivity index (χ4n) is 1.26. The van der Waals surface area contributed by atoms with Crippen LogP contribution in [0.2, 0.25) is 13.8 Å². The molecule has 0 saturated heterocycles. The van der Waals surface area contributed by atoms with Gasteiger partial charge in [-0.05, 0) is 19.1 Å². The summed E-state index contributed by atoms with van der Waals surface area (Å²) in [6.07, 6.45) is 0. The van der Waals surface area contributed by atoms with E-state index in [-0.39, 0.29) is 24.7 Å². The monoisotopic (exact) mass is 357 g/mol. The Morgan fingerprint density at radius 2 is 1.89 bits per heavy atom. The number of nitrogens with zero attached hydrogens (tertiary/aromatic N) is 2. The Bertz CT molecular complexity index is 710. The smallest absolute Gasteiger partial charge is 0.247 e. The third-order valence-electron chi connectivity index (χ3n) is 1.96. The fraction of sp³-hybridized carbons (Fsp3) is 0.111. The second kappa shape index (κ2) is 5.41. The lowest BCUT2D eigenvalue weighted by Crippen LogP contribution is -2.15. The van der Waals surface area contributed by atoms with E-state index in [1.807, 2.05) is 0 Å². The number of anilines is 1. The Morgan fingerprint density at radius 3 is 2.42 bits per heavy atom. The maximum Gasteiger partial charge on any atom is 0.266 e. The molecule has 0 aromatic carbocycles. The second-order valence-corrected chi connectivity index (χ2v) is 7.77. The summed E-state index contributed by atoms with van der Waals surface area (Å²) in [7, 11) is -3.90. The molecule has 2 aromatic rings. The fourth-order valence-corrected chi connectivity index (χ4v) is 4.59. The first-order valence-corrected chi connectivity index (χ1v) is 8.20. The second-order valence-electron chi connectivity index (χ2n) is 3.45. The van der Waals surface area contributed by atoms with E-state index in [0.717, 1.165) is 11.3 Å². The molecule has 0 atom stereocenters. The molecule has 19 heavy (non-hydrogen) atoms. The summed E-state index contributed by atoms with van der Waals surface area (Å²) >= 11 is 18.2. The topological polar surface area (TPSA) is 72.0 Å². The lowest BCUT2D eigenvalue weighted by molar-refractivity contribution is 0.601. The summed E-state index contributed by atoms with van der Waals surface area (Å²) in [4.78, 5) is 7.58. The van der Waals surface area contributed by atoms with Crippen LogP contribution < -0.4 is 4.72 Å². The van der Waals surface area contributed by atoms with Crippen molar-refractivity contribution >= 4 is 62.1 Å². The molecule has 0 bridgehead atoms. The van der Waals surface area contributed by atoms with Gasteiger partial charge in [0.2, 0.25) is 5.95 Å². The van der Waals surface area contributed by atoms with Gasteiger partial charge >= 0.3 is 0 Å². The molecule has 0 aliphatic heterocycles. The molecule has 5 nitrogen and oxygen atoms in total. The average molecular weight is 359 g/mol. The van der Waals surface area contributed by atoms with E-state index in [9.17, 15) is 8.42 Å². The zero-order valence-electron chi connectivity index (χ0n) is 9.32. The molecule has 0 spiro atoms. The number of nitrogens with one attached hydrogen (secondary N) is 1. The number of halogens is 3. The Kier molecular flexibility index (Phi) is 4.22. The number of sulfonamides is 1. The number of hydrogen-bond acceptors (Lipinski definition) is 5. The highest BCUT2D eigenvalue weighted by molar-refractivity contribution is 7.93. The molecule has 0 radical (unpaired) electrons. The number of hydrogen-bond donors (Lipinski definition) is 1. The van der Waals surface area contributed by atoms with Gasteiger partial charge in [0, 0.05) is 5.69 Å². The van der Waals surface area contributed by atoms with E-state index in [1.165, 1.54) is 12.1 Å². The molecular weight excluding hydrogens is 353 g/mol. The maximum absolute atomic E-state index is 12.1. The molecule has 10 heteroatoms. The van der Waals surface area contributed by atoms with Crippen molar-refractivity contribution in [3.63, 3.8) is 0 Å². The summed E-state index contributed by atoms with van der Waals surface area (Å²) < 4.78 is 26.7. The van der Waals surface area contributed by atoms with Gasteiger partial charge in [-0.15, -0.1) is 11.3 Å². The van der Waals surface area contributed by atoms with Crippen LogP contribution in [0.5, 0.6) is 0 Å². The van der Waals surface area contributed by atoms with Crippen molar-refractivity contribution in [3.05, 3.63) is 31.7 Å². The van der Waals surface area contributed by atoms with Crippen molar-refractivity contribution in [3.8, 4) is 0 Å². The minimum Gasteiger partial charge on any atom is -0.247 e. The summed E-state index contributed by atoms with van der Waals surface area (Å²) in [6.45, 7) is 1.67. The molecule has 2 heterocycles. The van der Waals surface area contributed by atoms with Crippen LogP contribution in [0.3, 0.4) is 0 Å². The Hall–Kier alpha value is -0.600. The van der Waals surface area contributed by atoms with Crippen LogP contribution in [0.15, 0.2) is 17.0 Å². The maximum atomic E-state index is 12.1. The minimum atomic E-state index is -3.90. The molecule has 0 aliphatic carbocycles. The third kappa shape index (κ3) is 3.49. The SMILES string of the molecule is Cc1cc(Cl)nc(NS(=O)(=O)c2cc(Cl)sc2Cl)n1. The molecular formula is C9H6Cl3N3O2S2. The largest absolute Gasteiger partial charge is 0.266 e. The highest BCUT2D eigenvalue weighted by Gasteiger charge is 2.22. The average Bonchev–Trinajstić information content (AvgIpc) is 2.56. The van der Waals surface area contributed by atoms with E-state index in [1.54, 1.807) is 6.92 Å². The van der Waals surface area contributed by atoms with Crippen LogP contribution >= 0.6 is 46.1 Å². The number of thiophene rings is 1. The molecule has 0 unspecified atom stereocenters. The lowest BCUT2D eigenvalue weighted by Gasteiger charge is -2.06. The summed E-state index contributed by atoms with van der Waals surface area (Å²) in [5.74, 6) is -0.122. The quantitative estimate of drug-likeness (QED) is 0.851. The Balaban J connectivity index is 2.39. The van der Waals surface area contributed by atoms with Gasteiger partial charge < -0.3 is 0 Å². The zero-order chi connectivity index (χ0) is 14.2. The van der Waals surface area contributed by atoms with Crippen LogP contribution in [0, 0.1) is 6.92 Å². The van der Waals surface area contributed by atoms with Crippen LogP contribution in [-0.2, 0) is 10.0 Å².